The Morgan fingerprint density at radius 3 is 2.23 bits per heavy atom. The van der Waals surface area contributed by atoms with Gasteiger partial charge in [-0.2, -0.15) is 0 Å². The van der Waals surface area contributed by atoms with Gasteiger partial charge in [0, 0.05) is 36.2 Å². The number of ether oxygens (including phenoxy) is 1. The van der Waals surface area contributed by atoms with E-state index in [1.165, 1.54) is 12.1 Å². The monoisotopic (exact) mass is 665 g/mol. The van der Waals surface area contributed by atoms with Crippen molar-refractivity contribution < 1.29 is 33.4 Å². The molecule has 258 valence electrons. The molecule has 0 aliphatic rings. The average Bonchev–Trinajstić information content (AvgIpc) is 3.00. The van der Waals surface area contributed by atoms with Gasteiger partial charge in [0.1, 0.15) is 29.3 Å². The number of anilines is 1. The number of aliphatic imine (C=N–C) groups is 1. The van der Waals surface area contributed by atoms with E-state index >= 15 is 0 Å². The maximum atomic E-state index is 13.5. The van der Waals surface area contributed by atoms with Crippen LogP contribution in [0.25, 0.3) is 11.0 Å². The minimum atomic E-state index is -1.48. The van der Waals surface area contributed by atoms with Crippen LogP contribution in [0.3, 0.4) is 0 Å². The van der Waals surface area contributed by atoms with Crippen molar-refractivity contribution in [2.75, 3.05) is 18.5 Å². The molecule has 3 aromatic rings. The molecule has 48 heavy (non-hydrogen) atoms. The second kappa shape index (κ2) is 16.9. The van der Waals surface area contributed by atoms with Crippen LogP contribution in [0.4, 0.5) is 10.5 Å². The molecule has 3 rings (SSSR count). The van der Waals surface area contributed by atoms with E-state index < -0.39 is 59.8 Å². The number of hydrogen-bond acceptors (Lipinski definition) is 9. The fraction of sp³-hybridized carbons (Fsp3) is 0.394. The Kier molecular flexibility index (Phi) is 13.1. The number of hydrogen-bond donors (Lipinski definition) is 7. The van der Waals surface area contributed by atoms with E-state index in [-0.39, 0.29) is 37.3 Å². The number of benzene rings is 2. The first-order valence-corrected chi connectivity index (χ1v) is 15.3. The molecular formula is C33H43N7O8. The Hall–Kier alpha value is -5.44. The molecule has 0 aliphatic carbocycles. The number of nitrogens with two attached hydrogens (primary N) is 2. The first kappa shape index (κ1) is 37.0. The van der Waals surface area contributed by atoms with Crippen molar-refractivity contribution >= 4 is 46.4 Å². The summed E-state index contributed by atoms with van der Waals surface area (Å²) in [5, 5.41) is 21.1. The van der Waals surface area contributed by atoms with Crippen LogP contribution in [-0.2, 0) is 25.5 Å². The lowest BCUT2D eigenvalue weighted by Crippen LogP contribution is -2.58. The van der Waals surface area contributed by atoms with Crippen LogP contribution in [-0.4, -0.2) is 71.8 Å². The summed E-state index contributed by atoms with van der Waals surface area (Å²) >= 11 is 0. The molecule has 0 unspecified atom stereocenters. The van der Waals surface area contributed by atoms with Gasteiger partial charge in [0.2, 0.25) is 17.7 Å². The number of fused-ring (bicyclic) bond motifs is 1. The smallest absolute Gasteiger partial charge is 0.408 e. The maximum absolute atomic E-state index is 13.5. The fourth-order valence-corrected chi connectivity index (χ4v) is 4.68. The largest absolute Gasteiger partial charge is 0.444 e. The summed E-state index contributed by atoms with van der Waals surface area (Å²) in [6.07, 6.45) is -0.410. The van der Waals surface area contributed by atoms with Crippen molar-refractivity contribution in [3.05, 3.63) is 76.1 Å². The summed E-state index contributed by atoms with van der Waals surface area (Å²) in [5.74, 6) is -2.38. The molecule has 1 aromatic heterocycles. The highest BCUT2D eigenvalue weighted by Gasteiger charge is 2.30. The number of nitrogens with one attached hydrogen (secondary N) is 4. The minimum absolute atomic E-state index is 0.0623. The molecule has 0 aliphatic heterocycles. The van der Waals surface area contributed by atoms with E-state index in [0.717, 1.165) is 11.1 Å². The second-order valence-corrected chi connectivity index (χ2v) is 12.1. The van der Waals surface area contributed by atoms with E-state index in [1.807, 2.05) is 0 Å². The SMILES string of the molecule is Cc1cc(NC(=O)[C@H](CCCN=C(N)N)NC(=O)[C@H](CO)NC(=O)[C@H](Cc2ccccc2)NC(=O)OC(C)(C)C)cc2oc(=O)ccc12. The molecule has 1 heterocycles. The van der Waals surface area contributed by atoms with Crippen molar-refractivity contribution in [1.82, 2.24) is 16.0 Å². The van der Waals surface area contributed by atoms with Gasteiger partial charge in [-0.3, -0.25) is 19.4 Å². The number of alkyl carbamates (subject to hydrolysis) is 1. The van der Waals surface area contributed by atoms with Gasteiger partial charge in [0.05, 0.1) is 6.61 Å². The van der Waals surface area contributed by atoms with Crippen LogP contribution in [0, 0.1) is 6.92 Å². The highest BCUT2D eigenvalue weighted by molar-refractivity contribution is 6.00. The fourth-order valence-electron chi connectivity index (χ4n) is 4.68. The first-order valence-electron chi connectivity index (χ1n) is 15.3. The molecule has 0 saturated carbocycles. The summed E-state index contributed by atoms with van der Waals surface area (Å²) in [7, 11) is 0. The normalized spacial score (nSPS) is 13.0. The van der Waals surface area contributed by atoms with E-state index in [9.17, 15) is 29.1 Å². The number of aliphatic hydroxyl groups is 1. The van der Waals surface area contributed by atoms with Crippen molar-refractivity contribution in [1.29, 1.82) is 0 Å². The number of carbonyl (C=O) groups excluding carboxylic acids is 4. The Bertz CT molecular complexity index is 1680. The van der Waals surface area contributed by atoms with Crippen molar-refractivity contribution in [3.8, 4) is 0 Å². The lowest BCUT2D eigenvalue weighted by Gasteiger charge is -2.26. The standard InChI is InChI=1S/C33H43N7O8/c1-19-15-21(17-26-22(19)12-13-27(42)47-26)37-28(43)23(11-8-14-36-31(34)35)38-30(45)25(18-41)39-29(44)24(16-20-9-6-5-7-10-20)40-32(46)48-33(2,3)4/h5-7,9-10,12-13,15,17,23-25,41H,8,11,14,16,18H2,1-4H3,(H,37,43)(H,38,45)(H,39,44)(H,40,46)(H4,34,35,36)/t23-,24-,25-/m0/s1. The number of carbonyl (C=O) groups is 4. The Balaban J connectivity index is 1.78. The zero-order chi connectivity index (χ0) is 35.4. The van der Waals surface area contributed by atoms with Crippen molar-refractivity contribution in [2.45, 2.75) is 70.7 Å². The molecule has 9 N–H and O–H groups in total. The Morgan fingerprint density at radius 2 is 1.58 bits per heavy atom. The first-order chi connectivity index (χ1) is 22.6. The van der Waals surface area contributed by atoms with Gasteiger partial charge in [-0.1, -0.05) is 30.3 Å². The van der Waals surface area contributed by atoms with E-state index in [0.29, 0.717) is 11.1 Å². The molecule has 0 radical (unpaired) electrons. The zero-order valence-corrected chi connectivity index (χ0v) is 27.4. The van der Waals surface area contributed by atoms with E-state index in [4.69, 9.17) is 20.6 Å². The van der Waals surface area contributed by atoms with Gasteiger partial charge >= 0.3 is 11.7 Å². The Labute approximate surface area is 277 Å². The molecule has 2 aromatic carbocycles. The second-order valence-electron chi connectivity index (χ2n) is 12.1. The number of nitrogens with zero attached hydrogens (tertiary/aromatic N) is 1. The molecule has 3 atom stereocenters. The zero-order valence-electron chi connectivity index (χ0n) is 27.4. The van der Waals surface area contributed by atoms with Crippen molar-refractivity contribution in [3.63, 3.8) is 0 Å². The number of guanidine groups is 1. The summed E-state index contributed by atoms with van der Waals surface area (Å²) in [6.45, 7) is 6.16. The molecule has 0 saturated heterocycles. The molecule has 15 nitrogen and oxygen atoms in total. The highest BCUT2D eigenvalue weighted by atomic mass is 16.6. The summed E-state index contributed by atoms with van der Waals surface area (Å²) in [6, 6.07) is 11.2. The van der Waals surface area contributed by atoms with Gasteiger partial charge in [0.25, 0.3) is 0 Å². The Morgan fingerprint density at radius 1 is 0.917 bits per heavy atom. The highest BCUT2D eigenvalue weighted by Crippen LogP contribution is 2.22. The lowest BCUT2D eigenvalue weighted by molar-refractivity contribution is -0.132. The number of aryl methyl sites for hydroxylation is 1. The van der Waals surface area contributed by atoms with Gasteiger partial charge in [-0.25, -0.2) is 9.59 Å². The number of rotatable bonds is 14. The molecule has 4 amide bonds. The maximum Gasteiger partial charge on any atom is 0.408 e. The molecule has 0 spiro atoms. The van der Waals surface area contributed by atoms with E-state index in [2.05, 4.69) is 26.3 Å². The third-order valence-corrected chi connectivity index (χ3v) is 6.90. The van der Waals surface area contributed by atoms with E-state index in [1.54, 1.807) is 70.2 Å². The van der Waals surface area contributed by atoms with Crippen LogP contribution in [0.2, 0.25) is 0 Å². The van der Waals surface area contributed by atoms with Gasteiger partial charge in [0.15, 0.2) is 5.96 Å². The molecule has 0 bridgehead atoms. The van der Waals surface area contributed by atoms with Gasteiger partial charge < -0.3 is 47.0 Å². The summed E-state index contributed by atoms with van der Waals surface area (Å²) in [5.41, 5.74) is 11.4. The topological polar surface area (TPSA) is 240 Å². The van der Waals surface area contributed by atoms with Crippen LogP contribution >= 0.6 is 0 Å². The average molecular weight is 666 g/mol. The van der Waals surface area contributed by atoms with Crippen LogP contribution in [0.5, 0.6) is 0 Å². The molecule has 0 fully saturated rings. The van der Waals surface area contributed by atoms with Gasteiger partial charge in [-0.15, -0.1) is 0 Å². The number of amides is 4. The van der Waals surface area contributed by atoms with Crippen LogP contribution in [0.1, 0.15) is 44.7 Å². The summed E-state index contributed by atoms with van der Waals surface area (Å²) in [4.78, 5) is 68.5. The predicted molar refractivity (Wildman–Crippen MR) is 180 cm³/mol. The third kappa shape index (κ3) is 11.7. The predicted octanol–water partition coefficient (Wildman–Crippen LogP) is 1.19. The van der Waals surface area contributed by atoms with Crippen LogP contribution < -0.4 is 38.4 Å². The van der Waals surface area contributed by atoms with Crippen molar-refractivity contribution in [2.24, 2.45) is 16.5 Å². The van der Waals surface area contributed by atoms with Gasteiger partial charge in [-0.05, 0) is 63.8 Å². The minimum Gasteiger partial charge on any atom is -0.444 e. The lowest BCUT2D eigenvalue weighted by atomic mass is 10.0. The van der Waals surface area contributed by atoms with Crippen LogP contribution in [0.15, 0.2) is 68.8 Å². The quantitative estimate of drug-likeness (QED) is 0.0561. The third-order valence-electron chi connectivity index (χ3n) is 6.90. The number of aliphatic hydroxyl groups excluding tert-OH is 1. The summed E-state index contributed by atoms with van der Waals surface area (Å²) < 4.78 is 10.6. The molecular weight excluding hydrogens is 622 g/mol. The molecule has 15 heteroatoms.